The molecule has 0 aromatic rings. The first-order valence-electron chi connectivity index (χ1n) is 4.45. The molecule has 1 N–H and O–H groups in total. The van der Waals surface area contributed by atoms with Gasteiger partial charge in [0.1, 0.15) is 0 Å². The van der Waals surface area contributed by atoms with Crippen LogP contribution in [0.15, 0.2) is 12.2 Å². The minimum atomic E-state index is 0.00461. The zero-order chi connectivity index (χ0) is 9.68. The minimum absolute atomic E-state index is 0.00461. The third-order valence-corrected chi connectivity index (χ3v) is 2.34. The Kier molecular flexibility index (Phi) is 4.25. The van der Waals surface area contributed by atoms with Crippen molar-refractivity contribution in [1.82, 2.24) is 10.2 Å². The highest BCUT2D eigenvalue weighted by atomic mass is 35.5. The third kappa shape index (κ3) is 3.01. The van der Waals surface area contributed by atoms with Gasteiger partial charge < -0.3 is 10.2 Å². The maximum atomic E-state index is 11.4. The highest BCUT2D eigenvalue weighted by molar-refractivity contribution is 6.18. The average Bonchev–Trinajstić information content (AvgIpc) is 2.43. The molecule has 0 radical (unpaired) electrons. The van der Waals surface area contributed by atoms with Crippen molar-refractivity contribution in [3.05, 3.63) is 12.2 Å². The van der Waals surface area contributed by atoms with Gasteiger partial charge in [-0.3, -0.25) is 4.79 Å². The van der Waals surface area contributed by atoms with Gasteiger partial charge in [0.25, 0.3) is 0 Å². The van der Waals surface area contributed by atoms with Crippen molar-refractivity contribution in [3.8, 4) is 0 Å². The lowest BCUT2D eigenvalue weighted by Crippen LogP contribution is -2.36. The number of amides is 1. The molecule has 1 aliphatic rings. The lowest BCUT2D eigenvalue weighted by Gasteiger charge is -2.10. The van der Waals surface area contributed by atoms with Gasteiger partial charge >= 0.3 is 0 Å². The van der Waals surface area contributed by atoms with Gasteiger partial charge in [-0.15, -0.1) is 11.6 Å². The molecule has 13 heavy (non-hydrogen) atoms. The molecule has 0 aromatic carbocycles. The number of nitrogens with one attached hydrogen (secondary N) is 1. The van der Waals surface area contributed by atoms with E-state index < -0.39 is 0 Å². The normalized spacial score (nSPS) is 23.4. The Morgan fingerprint density at radius 1 is 1.69 bits per heavy atom. The van der Waals surface area contributed by atoms with E-state index in [9.17, 15) is 4.79 Å². The van der Waals surface area contributed by atoms with Crippen LogP contribution in [0.5, 0.6) is 0 Å². The van der Waals surface area contributed by atoms with E-state index in [0.29, 0.717) is 5.88 Å². The van der Waals surface area contributed by atoms with E-state index in [1.807, 2.05) is 19.2 Å². The van der Waals surface area contributed by atoms with Crippen LogP contribution in [-0.4, -0.2) is 42.9 Å². The summed E-state index contributed by atoms with van der Waals surface area (Å²) < 4.78 is 0. The molecule has 4 heteroatoms. The van der Waals surface area contributed by atoms with Crippen LogP contribution < -0.4 is 5.32 Å². The number of rotatable bonds is 4. The van der Waals surface area contributed by atoms with Crippen LogP contribution in [0.2, 0.25) is 0 Å². The van der Waals surface area contributed by atoms with E-state index >= 15 is 0 Å². The van der Waals surface area contributed by atoms with Crippen molar-refractivity contribution in [3.63, 3.8) is 0 Å². The van der Waals surface area contributed by atoms with E-state index in [1.54, 1.807) is 4.90 Å². The van der Waals surface area contributed by atoms with Gasteiger partial charge in [0.2, 0.25) is 5.91 Å². The fourth-order valence-corrected chi connectivity index (χ4v) is 1.49. The van der Waals surface area contributed by atoms with Crippen LogP contribution in [0, 0.1) is 0 Å². The predicted molar refractivity (Wildman–Crippen MR) is 53.9 cm³/mol. The minimum Gasteiger partial charge on any atom is -0.344 e. The van der Waals surface area contributed by atoms with Crippen molar-refractivity contribution in [2.75, 3.05) is 26.0 Å². The van der Waals surface area contributed by atoms with Gasteiger partial charge in [-0.25, -0.2) is 0 Å². The van der Waals surface area contributed by atoms with Crippen LogP contribution in [0.4, 0.5) is 0 Å². The molecule has 1 atom stereocenters. The Morgan fingerprint density at radius 3 is 3.00 bits per heavy atom. The number of hydrogen-bond donors (Lipinski definition) is 1. The number of alkyl halides is 1. The van der Waals surface area contributed by atoms with Gasteiger partial charge in [0, 0.05) is 26.0 Å². The number of hydrogen-bond acceptors (Lipinski definition) is 2. The Balaban J connectivity index is 2.22. The predicted octanol–water partition coefficient (Wildman–Crippen LogP) is 0.602. The lowest BCUT2D eigenvalue weighted by molar-refractivity contribution is -0.128. The summed E-state index contributed by atoms with van der Waals surface area (Å²) in [5.41, 5.74) is 0. The first-order valence-corrected chi connectivity index (χ1v) is 4.98. The molecule has 0 aliphatic carbocycles. The average molecular weight is 203 g/mol. The molecular weight excluding hydrogens is 188 g/mol. The standard InChI is InChI=1S/C9H15ClN2O/c1-12-7-4-8(9(12)13)11-6-3-2-5-10/h2-3,8,11H,4-7H2,1H3/b3-2+. The van der Waals surface area contributed by atoms with Crippen molar-refractivity contribution in [1.29, 1.82) is 0 Å². The second kappa shape index (κ2) is 5.25. The number of carbonyl (C=O) groups is 1. The molecule has 1 aliphatic heterocycles. The van der Waals surface area contributed by atoms with E-state index in [4.69, 9.17) is 11.6 Å². The van der Waals surface area contributed by atoms with Crippen LogP contribution >= 0.6 is 11.6 Å². The molecule has 0 saturated carbocycles. The number of allylic oxidation sites excluding steroid dienone is 1. The molecule has 3 nitrogen and oxygen atoms in total. The number of likely N-dealkylation sites (tertiary alicyclic amines) is 1. The Hall–Kier alpha value is -0.540. The quantitative estimate of drug-likeness (QED) is 0.535. The Labute approximate surface area is 83.7 Å². The summed E-state index contributed by atoms with van der Waals surface area (Å²) >= 11 is 5.46. The van der Waals surface area contributed by atoms with E-state index in [1.165, 1.54) is 0 Å². The highest BCUT2D eigenvalue weighted by Gasteiger charge is 2.27. The van der Waals surface area contributed by atoms with Crippen molar-refractivity contribution in [2.24, 2.45) is 0 Å². The monoisotopic (exact) mass is 202 g/mol. The third-order valence-electron chi connectivity index (χ3n) is 2.17. The second-order valence-electron chi connectivity index (χ2n) is 3.14. The summed E-state index contributed by atoms with van der Waals surface area (Å²) in [6, 6.07) is 0.00461. The summed E-state index contributed by atoms with van der Waals surface area (Å²) in [5, 5.41) is 3.16. The molecule has 0 aromatic heterocycles. The SMILES string of the molecule is CN1CCC(NC/C=C/CCl)C1=O. The van der Waals surface area contributed by atoms with Crippen molar-refractivity contribution >= 4 is 17.5 Å². The van der Waals surface area contributed by atoms with E-state index in [0.717, 1.165) is 19.5 Å². The first kappa shape index (κ1) is 10.5. The van der Waals surface area contributed by atoms with Crippen molar-refractivity contribution < 1.29 is 4.79 Å². The smallest absolute Gasteiger partial charge is 0.239 e. The summed E-state index contributed by atoms with van der Waals surface area (Å²) in [4.78, 5) is 13.1. The molecule has 74 valence electrons. The summed E-state index contributed by atoms with van der Waals surface area (Å²) in [6.45, 7) is 1.58. The fourth-order valence-electron chi connectivity index (χ4n) is 1.37. The maximum Gasteiger partial charge on any atom is 0.239 e. The number of carbonyl (C=O) groups excluding carboxylic acids is 1. The molecule has 0 bridgehead atoms. The number of likely N-dealkylation sites (N-methyl/N-ethyl adjacent to an activating group) is 1. The molecular formula is C9H15ClN2O. The van der Waals surface area contributed by atoms with Crippen LogP contribution in [0.1, 0.15) is 6.42 Å². The number of halogens is 1. The topological polar surface area (TPSA) is 32.3 Å². The second-order valence-corrected chi connectivity index (χ2v) is 3.44. The molecule has 1 rings (SSSR count). The Bertz CT molecular complexity index is 206. The van der Waals surface area contributed by atoms with E-state index in [2.05, 4.69) is 5.32 Å². The fraction of sp³-hybridized carbons (Fsp3) is 0.667. The largest absolute Gasteiger partial charge is 0.344 e. The molecule has 1 saturated heterocycles. The maximum absolute atomic E-state index is 11.4. The summed E-state index contributed by atoms with van der Waals surface area (Å²) in [7, 11) is 1.83. The van der Waals surface area contributed by atoms with Gasteiger partial charge in [0.05, 0.1) is 6.04 Å². The zero-order valence-corrected chi connectivity index (χ0v) is 8.55. The van der Waals surface area contributed by atoms with Gasteiger partial charge in [0.15, 0.2) is 0 Å². The lowest BCUT2D eigenvalue weighted by atomic mass is 10.2. The van der Waals surface area contributed by atoms with Crippen molar-refractivity contribution in [2.45, 2.75) is 12.5 Å². The first-order chi connectivity index (χ1) is 6.25. The molecule has 1 fully saturated rings. The Morgan fingerprint density at radius 2 is 2.46 bits per heavy atom. The highest BCUT2D eigenvalue weighted by Crippen LogP contribution is 2.07. The summed E-state index contributed by atoms with van der Waals surface area (Å²) in [5.74, 6) is 0.722. The van der Waals surface area contributed by atoms with Gasteiger partial charge in [-0.2, -0.15) is 0 Å². The van der Waals surface area contributed by atoms with Crippen LogP contribution in [0.25, 0.3) is 0 Å². The van der Waals surface area contributed by atoms with Crippen LogP contribution in [0.3, 0.4) is 0 Å². The summed E-state index contributed by atoms with van der Waals surface area (Å²) in [6.07, 6.45) is 4.72. The number of nitrogens with zero attached hydrogens (tertiary/aromatic N) is 1. The molecule has 1 unspecified atom stereocenters. The van der Waals surface area contributed by atoms with Gasteiger partial charge in [-0.05, 0) is 6.42 Å². The molecule has 1 heterocycles. The van der Waals surface area contributed by atoms with E-state index in [-0.39, 0.29) is 11.9 Å². The molecule has 0 spiro atoms. The van der Waals surface area contributed by atoms with Crippen LogP contribution in [-0.2, 0) is 4.79 Å². The zero-order valence-electron chi connectivity index (χ0n) is 7.79. The van der Waals surface area contributed by atoms with Gasteiger partial charge in [-0.1, -0.05) is 12.2 Å². The molecule has 1 amide bonds.